The normalized spacial score (nSPS) is 14.6. The molecule has 0 aromatic heterocycles. The van der Waals surface area contributed by atoms with E-state index in [0.29, 0.717) is 10.7 Å². The first-order valence-electron chi connectivity index (χ1n) is 9.41. The van der Waals surface area contributed by atoms with Crippen molar-refractivity contribution in [2.75, 3.05) is 50.0 Å². The maximum absolute atomic E-state index is 12.2. The molecule has 0 saturated carbocycles. The van der Waals surface area contributed by atoms with Gasteiger partial charge in [0.25, 0.3) is 5.91 Å². The Kier molecular flexibility index (Phi) is 7.00. The third-order valence-electron chi connectivity index (χ3n) is 4.91. The van der Waals surface area contributed by atoms with Crippen molar-refractivity contribution < 1.29 is 9.59 Å². The summed E-state index contributed by atoms with van der Waals surface area (Å²) < 4.78 is 0. The van der Waals surface area contributed by atoms with Gasteiger partial charge in [0.05, 0.1) is 17.1 Å². The van der Waals surface area contributed by atoms with Crippen LogP contribution in [0, 0.1) is 6.92 Å². The molecule has 0 atom stereocenters. The molecule has 154 valence electrons. The molecule has 0 bridgehead atoms. The van der Waals surface area contributed by atoms with Crippen LogP contribution in [-0.2, 0) is 4.79 Å². The number of anilines is 2. The van der Waals surface area contributed by atoms with E-state index in [0.717, 1.165) is 31.7 Å². The van der Waals surface area contributed by atoms with E-state index < -0.39 is 5.91 Å². The highest BCUT2D eigenvalue weighted by molar-refractivity contribution is 6.36. The van der Waals surface area contributed by atoms with Gasteiger partial charge in [-0.15, -0.1) is 0 Å². The highest BCUT2D eigenvalue weighted by Crippen LogP contribution is 2.25. The van der Waals surface area contributed by atoms with Crippen LogP contribution in [0.15, 0.2) is 36.4 Å². The van der Waals surface area contributed by atoms with Crippen molar-refractivity contribution in [3.63, 3.8) is 0 Å². The molecule has 0 unspecified atom stereocenters. The van der Waals surface area contributed by atoms with Crippen LogP contribution in [0.25, 0.3) is 0 Å². The zero-order valence-corrected chi connectivity index (χ0v) is 18.0. The zero-order chi connectivity index (χ0) is 21.0. The molecule has 29 heavy (non-hydrogen) atoms. The third-order valence-corrected chi connectivity index (χ3v) is 5.46. The average molecular weight is 435 g/mol. The summed E-state index contributed by atoms with van der Waals surface area (Å²) in [6.07, 6.45) is 0. The second-order valence-electron chi connectivity index (χ2n) is 7.15. The van der Waals surface area contributed by atoms with Crippen molar-refractivity contribution in [1.82, 2.24) is 10.2 Å². The lowest BCUT2D eigenvalue weighted by molar-refractivity contribution is -0.115. The molecular formula is C21H24Cl2N4O2. The summed E-state index contributed by atoms with van der Waals surface area (Å²) in [6, 6.07) is 10.5. The van der Waals surface area contributed by atoms with E-state index in [4.69, 9.17) is 23.2 Å². The molecule has 0 spiro atoms. The van der Waals surface area contributed by atoms with Gasteiger partial charge in [-0.1, -0.05) is 23.2 Å². The van der Waals surface area contributed by atoms with Crippen molar-refractivity contribution in [2.45, 2.75) is 6.92 Å². The first kappa shape index (κ1) is 21.4. The Bertz CT molecular complexity index is 912. The van der Waals surface area contributed by atoms with Gasteiger partial charge in [0, 0.05) is 42.6 Å². The van der Waals surface area contributed by atoms with Gasteiger partial charge in [0.15, 0.2) is 0 Å². The number of hydrogen-bond acceptors (Lipinski definition) is 4. The number of piperazine rings is 1. The quantitative estimate of drug-likeness (QED) is 0.756. The van der Waals surface area contributed by atoms with E-state index in [2.05, 4.69) is 27.5 Å². The number of nitrogens with one attached hydrogen (secondary N) is 2. The molecule has 8 heteroatoms. The molecule has 0 aliphatic carbocycles. The number of halogens is 2. The topological polar surface area (TPSA) is 64.7 Å². The summed E-state index contributed by atoms with van der Waals surface area (Å²) in [4.78, 5) is 29.1. The van der Waals surface area contributed by atoms with Crippen molar-refractivity contribution >= 4 is 46.4 Å². The fraction of sp³-hybridized carbons (Fsp3) is 0.333. The van der Waals surface area contributed by atoms with Gasteiger partial charge in [-0.05, 0) is 55.9 Å². The molecule has 2 amide bonds. The van der Waals surface area contributed by atoms with E-state index in [1.54, 1.807) is 6.07 Å². The number of benzene rings is 2. The number of rotatable bonds is 5. The Morgan fingerprint density at radius 2 is 1.76 bits per heavy atom. The Morgan fingerprint density at radius 1 is 1.03 bits per heavy atom. The predicted octanol–water partition coefficient (Wildman–Crippen LogP) is 3.42. The SMILES string of the molecule is Cc1cc(NC(=O)CNC(=O)c2ccc(Cl)cc2Cl)ccc1N1CCN(C)CC1. The molecule has 1 fully saturated rings. The molecule has 6 nitrogen and oxygen atoms in total. The van der Waals surface area contributed by atoms with Gasteiger partial charge < -0.3 is 20.4 Å². The summed E-state index contributed by atoms with van der Waals surface area (Å²) >= 11 is 11.9. The molecule has 1 aliphatic rings. The van der Waals surface area contributed by atoms with E-state index in [9.17, 15) is 9.59 Å². The lowest BCUT2D eigenvalue weighted by Gasteiger charge is -2.35. The van der Waals surface area contributed by atoms with E-state index >= 15 is 0 Å². The fourth-order valence-electron chi connectivity index (χ4n) is 3.27. The maximum atomic E-state index is 12.2. The van der Waals surface area contributed by atoms with Crippen LogP contribution in [0.4, 0.5) is 11.4 Å². The van der Waals surface area contributed by atoms with E-state index in [1.165, 1.54) is 17.8 Å². The lowest BCUT2D eigenvalue weighted by Crippen LogP contribution is -2.44. The number of carbonyl (C=O) groups excluding carboxylic acids is 2. The molecule has 1 saturated heterocycles. The number of hydrogen-bond donors (Lipinski definition) is 2. The fourth-order valence-corrected chi connectivity index (χ4v) is 3.76. The Morgan fingerprint density at radius 3 is 2.41 bits per heavy atom. The number of likely N-dealkylation sites (N-methyl/N-ethyl adjacent to an activating group) is 1. The van der Waals surface area contributed by atoms with Gasteiger partial charge >= 0.3 is 0 Å². The molecule has 0 radical (unpaired) electrons. The summed E-state index contributed by atoms with van der Waals surface area (Å²) in [5, 5.41) is 6.07. The first-order chi connectivity index (χ1) is 13.8. The summed E-state index contributed by atoms with van der Waals surface area (Å²) in [5.74, 6) is -0.737. The second kappa shape index (κ2) is 9.48. The number of amides is 2. The van der Waals surface area contributed by atoms with Gasteiger partial charge in [-0.25, -0.2) is 0 Å². The lowest BCUT2D eigenvalue weighted by atomic mass is 10.1. The van der Waals surface area contributed by atoms with Crippen molar-refractivity contribution in [2.24, 2.45) is 0 Å². The van der Waals surface area contributed by atoms with E-state index in [1.807, 2.05) is 25.1 Å². The van der Waals surface area contributed by atoms with Gasteiger partial charge in [0.1, 0.15) is 0 Å². The molecule has 2 aromatic carbocycles. The Hall–Kier alpha value is -2.28. The van der Waals surface area contributed by atoms with Crippen LogP contribution in [0.1, 0.15) is 15.9 Å². The molecule has 2 N–H and O–H groups in total. The molecule has 2 aromatic rings. The first-order valence-corrected chi connectivity index (χ1v) is 10.2. The molecule has 1 heterocycles. The third kappa shape index (κ3) is 5.63. The minimum Gasteiger partial charge on any atom is -0.369 e. The van der Waals surface area contributed by atoms with Gasteiger partial charge in [-0.3, -0.25) is 9.59 Å². The predicted molar refractivity (Wildman–Crippen MR) is 118 cm³/mol. The van der Waals surface area contributed by atoms with Crippen molar-refractivity contribution in [1.29, 1.82) is 0 Å². The summed E-state index contributed by atoms with van der Waals surface area (Å²) in [6.45, 7) is 5.93. The smallest absolute Gasteiger partial charge is 0.253 e. The van der Waals surface area contributed by atoms with Crippen LogP contribution >= 0.6 is 23.2 Å². The zero-order valence-electron chi connectivity index (χ0n) is 16.5. The molecule has 1 aliphatic heterocycles. The standard InChI is InChI=1S/C21H24Cl2N4O2/c1-14-11-16(4-6-19(14)27-9-7-26(2)8-10-27)25-20(28)13-24-21(29)17-5-3-15(22)12-18(17)23/h3-6,11-12H,7-10,13H2,1-2H3,(H,24,29)(H,25,28). The van der Waals surface area contributed by atoms with Crippen LogP contribution in [0.3, 0.4) is 0 Å². The Labute approximate surface area is 180 Å². The monoisotopic (exact) mass is 434 g/mol. The number of nitrogens with zero attached hydrogens (tertiary/aromatic N) is 2. The average Bonchev–Trinajstić information content (AvgIpc) is 2.67. The van der Waals surface area contributed by atoms with Crippen LogP contribution in [0.5, 0.6) is 0 Å². The largest absolute Gasteiger partial charge is 0.369 e. The van der Waals surface area contributed by atoms with Crippen LogP contribution in [-0.4, -0.2) is 56.5 Å². The summed E-state index contributed by atoms with van der Waals surface area (Å²) in [7, 11) is 2.13. The molecule has 3 rings (SSSR count). The van der Waals surface area contributed by atoms with Crippen LogP contribution in [0.2, 0.25) is 10.0 Å². The second-order valence-corrected chi connectivity index (χ2v) is 7.99. The van der Waals surface area contributed by atoms with Crippen molar-refractivity contribution in [3.8, 4) is 0 Å². The number of aryl methyl sites for hydroxylation is 1. The summed E-state index contributed by atoms with van der Waals surface area (Å²) in [5.41, 5.74) is 3.26. The van der Waals surface area contributed by atoms with Crippen LogP contribution < -0.4 is 15.5 Å². The number of carbonyl (C=O) groups is 2. The highest BCUT2D eigenvalue weighted by Gasteiger charge is 2.16. The minimum atomic E-state index is -0.427. The van der Waals surface area contributed by atoms with Gasteiger partial charge in [-0.2, -0.15) is 0 Å². The molecular weight excluding hydrogens is 411 g/mol. The highest BCUT2D eigenvalue weighted by atomic mass is 35.5. The Balaban J connectivity index is 1.55. The minimum absolute atomic E-state index is 0.156. The van der Waals surface area contributed by atoms with Crippen molar-refractivity contribution in [3.05, 3.63) is 57.6 Å². The van der Waals surface area contributed by atoms with E-state index in [-0.39, 0.29) is 23.0 Å². The maximum Gasteiger partial charge on any atom is 0.253 e. The van der Waals surface area contributed by atoms with Gasteiger partial charge in [0.2, 0.25) is 5.91 Å².